The molecule has 1 aliphatic rings. The molecule has 2 rings (SSSR count). The van der Waals surface area contributed by atoms with Crippen LogP contribution >= 0.6 is 0 Å². The largest absolute Gasteiger partial charge is 0.481 e. The van der Waals surface area contributed by atoms with Crippen LogP contribution in [-0.4, -0.2) is 35.2 Å². The maximum Gasteiger partial charge on any atom is 0.305 e. The van der Waals surface area contributed by atoms with Crippen molar-refractivity contribution in [2.45, 2.75) is 96.3 Å². The third-order valence-corrected chi connectivity index (χ3v) is 5.51. The van der Waals surface area contributed by atoms with Crippen molar-refractivity contribution < 1.29 is 19.4 Å². The zero-order chi connectivity index (χ0) is 20.4. The van der Waals surface area contributed by atoms with Crippen LogP contribution in [0, 0.1) is 0 Å². The van der Waals surface area contributed by atoms with Crippen LogP contribution in [0.15, 0.2) is 24.3 Å². The molecule has 5 nitrogen and oxygen atoms in total. The molecule has 0 bridgehead atoms. The number of rotatable bonds is 12. The van der Waals surface area contributed by atoms with E-state index in [0.29, 0.717) is 12.8 Å². The zero-order valence-corrected chi connectivity index (χ0v) is 17.3. The molecule has 0 spiro atoms. The molecule has 0 aromatic heterocycles. The third-order valence-electron chi connectivity index (χ3n) is 5.51. The van der Waals surface area contributed by atoms with Gasteiger partial charge in [0.1, 0.15) is 6.10 Å². The number of ether oxygens (including phenoxy) is 1. The Morgan fingerprint density at radius 2 is 1.79 bits per heavy atom. The van der Waals surface area contributed by atoms with E-state index in [-0.39, 0.29) is 24.5 Å². The van der Waals surface area contributed by atoms with Crippen molar-refractivity contribution in [3.8, 4) is 0 Å². The minimum atomic E-state index is -0.895. The Labute approximate surface area is 168 Å². The van der Waals surface area contributed by atoms with Gasteiger partial charge in [0, 0.05) is 6.04 Å². The van der Waals surface area contributed by atoms with E-state index in [9.17, 15) is 9.59 Å². The predicted octanol–water partition coefficient (Wildman–Crippen LogP) is 4.27. The fourth-order valence-electron chi connectivity index (χ4n) is 3.69. The van der Waals surface area contributed by atoms with Gasteiger partial charge >= 0.3 is 5.97 Å². The van der Waals surface area contributed by atoms with Gasteiger partial charge in [0.05, 0.1) is 12.5 Å². The van der Waals surface area contributed by atoms with Gasteiger partial charge in [0.25, 0.3) is 0 Å². The van der Waals surface area contributed by atoms with Crippen LogP contribution in [0.1, 0.15) is 76.3 Å². The molecule has 1 heterocycles. The van der Waals surface area contributed by atoms with Gasteiger partial charge in [-0.2, -0.15) is 0 Å². The van der Waals surface area contributed by atoms with Gasteiger partial charge in [-0.3, -0.25) is 9.59 Å². The normalized spacial score (nSPS) is 20.1. The summed E-state index contributed by atoms with van der Waals surface area (Å²) < 4.78 is 5.93. The number of aliphatic carboxylic acids is 1. The smallest absolute Gasteiger partial charge is 0.305 e. The third kappa shape index (κ3) is 7.63. The second kappa shape index (κ2) is 11.8. The molecule has 1 saturated heterocycles. The Morgan fingerprint density at radius 1 is 1.11 bits per heavy atom. The van der Waals surface area contributed by atoms with E-state index < -0.39 is 12.1 Å². The van der Waals surface area contributed by atoms with Crippen molar-refractivity contribution in [2.24, 2.45) is 0 Å². The zero-order valence-electron chi connectivity index (χ0n) is 17.3. The molecule has 3 atom stereocenters. The first-order valence-corrected chi connectivity index (χ1v) is 10.8. The van der Waals surface area contributed by atoms with Crippen LogP contribution in [0.4, 0.5) is 0 Å². The molecule has 1 fully saturated rings. The van der Waals surface area contributed by atoms with Gasteiger partial charge in [-0.1, -0.05) is 51.0 Å². The molecule has 1 aromatic rings. The Morgan fingerprint density at radius 3 is 2.39 bits per heavy atom. The predicted molar refractivity (Wildman–Crippen MR) is 110 cm³/mol. The number of hydrogen-bond acceptors (Lipinski definition) is 3. The van der Waals surface area contributed by atoms with Crippen LogP contribution in [0.5, 0.6) is 0 Å². The molecule has 156 valence electrons. The minimum absolute atomic E-state index is 0.0488. The highest BCUT2D eigenvalue weighted by molar-refractivity contribution is 5.82. The van der Waals surface area contributed by atoms with Crippen molar-refractivity contribution in [2.75, 3.05) is 0 Å². The molecule has 2 N–H and O–H groups in total. The second-order valence-corrected chi connectivity index (χ2v) is 7.85. The van der Waals surface area contributed by atoms with E-state index >= 15 is 0 Å². The molecule has 5 heteroatoms. The van der Waals surface area contributed by atoms with E-state index in [1.165, 1.54) is 30.4 Å². The number of benzene rings is 1. The summed E-state index contributed by atoms with van der Waals surface area (Å²) >= 11 is 0. The summed E-state index contributed by atoms with van der Waals surface area (Å²) in [6, 6.07) is 8.54. The molecule has 2 unspecified atom stereocenters. The Hall–Kier alpha value is -1.88. The standard InChI is InChI=1S/C23H35NO4/c1-3-5-6-7-17-8-10-18(11-9-17)12-13-20-14-15-21(28-20)23(27)24-19(4-2)16-22(25)26/h8-11,19-21H,3-7,12-16H2,1-2H3,(H,24,27)(H,25,26)/t19-,20?,21?/m0/s1. The van der Waals surface area contributed by atoms with E-state index in [0.717, 1.165) is 25.7 Å². The van der Waals surface area contributed by atoms with Crippen LogP contribution in [0.2, 0.25) is 0 Å². The van der Waals surface area contributed by atoms with E-state index in [4.69, 9.17) is 9.84 Å². The van der Waals surface area contributed by atoms with Crippen LogP contribution in [0.25, 0.3) is 0 Å². The molecule has 28 heavy (non-hydrogen) atoms. The van der Waals surface area contributed by atoms with Crippen LogP contribution in [0.3, 0.4) is 0 Å². The summed E-state index contributed by atoms with van der Waals surface area (Å²) in [5.41, 5.74) is 2.71. The molecular formula is C23H35NO4. The van der Waals surface area contributed by atoms with Gasteiger partial charge in [-0.15, -0.1) is 0 Å². The fraction of sp³-hybridized carbons (Fsp3) is 0.652. The number of nitrogens with one attached hydrogen (secondary N) is 1. The number of carbonyl (C=O) groups excluding carboxylic acids is 1. The lowest BCUT2D eigenvalue weighted by atomic mass is 10.0. The highest BCUT2D eigenvalue weighted by Gasteiger charge is 2.31. The van der Waals surface area contributed by atoms with E-state index in [2.05, 4.69) is 36.5 Å². The lowest BCUT2D eigenvalue weighted by molar-refractivity contribution is -0.138. The van der Waals surface area contributed by atoms with E-state index in [1.807, 2.05) is 6.92 Å². The first kappa shape index (κ1) is 22.4. The summed E-state index contributed by atoms with van der Waals surface area (Å²) in [7, 11) is 0. The van der Waals surface area contributed by atoms with Gasteiger partial charge in [0.2, 0.25) is 5.91 Å². The molecule has 0 radical (unpaired) electrons. The van der Waals surface area contributed by atoms with Crippen LogP contribution < -0.4 is 5.32 Å². The van der Waals surface area contributed by atoms with Crippen molar-refractivity contribution in [1.82, 2.24) is 5.32 Å². The first-order valence-electron chi connectivity index (χ1n) is 10.8. The van der Waals surface area contributed by atoms with Gasteiger partial charge in [0.15, 0.2) is 0 Å². The maximum atomic E-state index is 12.3. The summed E-state index contributed by atoms with van der Waals surface area (Å²) in [6.07, 6.45) is 8.57. The van der Waals surface area contributed by atoms with Gasteiger partial charge in [-0.25, -0.2) is 0 Å². The SMILES string of the molecule is CCCCCc1ccc(CCC2CCC(C(=O)N[C@@H](CC)CC(=O)O)O2)cc1. The highest BCUT2D eigenvalue weighted by atomic mass is 16.5. The van der Waals surface area contributed by atoms with E-state index in [1.54, 1.807) is 0 Å². The maximum absolute atomic E-state index is 12.3. The number of unbranched alkanes of at least 4 members (excludes halogenated alkanes) is 2. The monoisotopic (exact) mass is 389 g/mol. The number of carboxylic acid groups (broad SMARTS) is 1. The molecule has 1 amide bonds. The molecule has 1 aromatic carbocycles. The highest BCUT2D eigenvalue weighted by Crippen LogP contribution is 2.24. The van der Waals surface area contributed by atoms with Crippen molar-refractivity contribution in [1.29, 1.82) is 0 Å². The number of amides is 1. The minimum Gasteiger partial charge on any atom is -0.481 e. The number of carboxylic acids is 1. The number of aryl methyl sites for hydroxylation is 2. The number of hydrogen-bond donors (Lipinski definition) is 2. The van der Waals surface area contributed by atoms with Crippen molar-refractivity contribution >= 4 is 11.9 Å². The summed E-state index contributed by atoms with van der Waals surface area (Å²) in [4.78, 5) is 23.2. The first-order chi connectivity index (χ1) is 13.5. The number of carbonyl (C=O) groups is 2. The summed E-state index contributed by atoms with van der Waals surface area (Å²) in [6.45, 7) is 4.10. The fourth-order valence-corrected chi connectivity index (χ4v) is 3.69. The molecular weight excluding hydrogens is 354 g/mol. The lowest BCUT2D eigenvalue weighted by Crippen LogP contribution is -2.42. The average Bonchev–Trinajstić information content (AvgIpc) is 3.16. The topological polar surface area (TPSA) is 75.6 Å². The van der Waals surface area contributed by atoms with Gasteiger partial charge < -0.3 is 15.2 Å². The molecule has 0 saturated carbocycles. The lowest BCUT2D eigenvalue weighted by Gasteiger charge is -2.18. The summed E-state index contributed by atoms with van der Waals surface area (Å²) in [5.74, 6) is -1.07. The Kier molecular flexibility index (Phi) is 9.48. The quantitative estimate of drug-likeness (QED) is 0.524. The Bertz CT molecular complexity index is 614. The van der Waals surface area contributed by atoms with Crippen molar-refractivity contribution in [3.63, 3.8) is 0 Å². The molecule has 1 aliphatic heterocycles. The second-order valence-electron chi connectivity index (χ2n) is 7.85. The Balaban J connectivity index is 1.72. The van der Waals surface area contributed by atoms with Crippen LogP contribution in [-0.2, 0) is 27.2 Å². The van der Waals surface area contributed by atoms with Crippen molar-refractivity contribution in [3.05, 3.63) is 35.4 Å². The average molecular weight is 390 g/mol. The van der Waals surface area contributed by atoms with Gasteiger partial charge in [-0.05, 0) is 56.1 Å². The molecule has 0 aliphatic carbocycles. The summed E-state index contributed by atoms with van der Waals surface area (Å²) in [5, 5.41) is 11.7.